The summed E-state index contributed by atoms with van der Waals surface area (Å²) >= 11 is 0. The van der Waals surface area contributed by atoms with Gasteiger partial charge in [0, 0.05) is 0 Å². The molecule has 11 fully saturated rings. The van der Waals surface area contributed by atoms with Crippen LogP contribution in [0.3, 0.4) is 0 Å². The van der Waals surface area contributed by atoms with Crippen LogP contribution in [0.25, 0.3) is 0 Å². The van der Waals surface area contributed by atoms with Crippen molar-refractivity contribution in [1.29, 1.82) is 0 Å². The zero-order valence-electron chi connectivity index (χ0n) is 60.5. The maximum atomic E-state index is 15.4. The van der Waals surface area contributed by atoms with E-state index in [4.69, 9.17) is 66.3 Å². The van der Waals surface area contributed by atoms with E-state index in [0.29, 0.717) is 32.1 Å². The highest BCUT2D eigenvalue weighted by Gasteiger charge is 2.71. The summed E-state index contributed by atoms with van der Waals surface area (Å²) in [6, 6.07) is 0. The van der Waals surface area contributed by atoms with E-state index in [1.165, 1.54) is 13.8 Å². The van der Waals surface area contributed by atoms with Crippen molar-refractivity contribution in [3.8, 4) is 0 Å². The van der Waals surface area contributed by atoms with Gasteiger partial charge >= 0.3 is 5.97 Å². The molecular weight excluding hydrogens is 1400 g/mol. The fraction of sp³-hybridized carbons (Fsp3) is 0.957. The smallest absolute Gasteiger partial charge is 0.315 e. The van der Waals surface area contributed by atoms with Crippen LogP contribution in [0.2, 0.25) is 0 Å². The molecule has 12 rings (SSSR count). The number of esters is 1. The van der Waals surface area contributed by atoms with E-state index in [9.17, 15) is 102 Å². The molecule has 604 valence electrons. The molecule has 0 bridgehead atoms. The van der Waals surface area contributed by atoms with Crippen LogP contribution in [-0.2, 0) is 71.1 Å². The van der Waals surface area contributed by atoms with Gasteiger partial charge in [0.05, 0.1) is 62.9 Å². The van der Waals surface area contributed by atoms with Crippen LogP contribution < -0.4 is 0 Å². The molecule has 7 saturated heterocycles. The fourth-order valence-electron chi connectivity index (χ4n) is 20.2. The number of allylic oxidation sites excluding steroid dienone is 2. The monoisotopic (exact) mass is 1510 g/mol. The van der Waals surface area contributed by atoms with E-state index in [1.54, 1.807) is 0 Å². The van der Waals surface area contributed by atoms with Gasteiger partial charge in [-0.2, -0.15) is 0 Å². The molecule has 7 heterocycles. The Hall–Kier alpha value is -2.11. The Morgan fingerprint density at radius 3 is 1.69 bits per heavy atom. The molecule has 0 amide bonds. The highest BCUT2D eigenvalue weighted by atomic mass is 16.8. The third-order valence-corrected chi connectivity index (χ3v) is 27.1. The Morgan fingerprint density at radius 2 is 1.02 bits per heavy atom. The number of rotatable bonds is 17. The van der Waals surface area contributed by atoms with Crippen molar-refractivity contribution in [2.24, 2.45) is 50.2 Å². The minimum Gasteiger partial charge on any atom is -0.432 e. The van der Waals surface area contributed by atoms with Crippen LogP contribution in [0.5, 0.6) is 0 Å². The number of carbonyl (C=O) groups excluding carboxylic acids is 1. The second-order valence-electron chi connectivity index (χ2n) is 33.8. The van der Waals surface area contributed by atoms with Crippen molar-refractivity contribution in [1.82, 2.24) is 0 Å². The minimum absolute atomic E-state index is 0.0127. The van der Waals surface area contributed by atoms with E-state index in [1.807, 2.05) is 13.8 Å². The largest absolute Gasteiger partial charge is 0.432 e. The molecule has 105 heavy (non-hydrogen) atoms. The van der Waals surface area contributed by atoms with Gasteiger partial charge in [-0.1, -0.05) is 60.1 Å². The first kappa shape index (κ1) is 82.4. The Balaban J connectivity index is 0.703. The summed E-state index contributed by atoms with van der Waals surface area (Å²) < 4.78 is 83.0. The Kier molecular flexibility index (Phi) is 24.3. The lowest BCUT2D eigenvalue weighted by atomic mass is 9.33. The summed E-state index contributed by atoms with van der Waals surface area (Å²) in [6.07, 6.45) is -49.6. The van der Waals surface area contributed by atoms with Crippen molar-refractivity contribution in [3.63, 3.8) is 0 Å². The lowest BCUT2D eigenvalue weighted by molar-refractivity contribution is -0.382. The summed E-state index contributed by atoms with van der Waals surface area (Å²) in [5.41, 5.74) is -2.75. The lowest BCUT2D eigenvalue weighted by Gasteiger charge is -2.71. The maximum absolute atomic E-state index is 15.4. The van der Waals surface area contributed by atoms with Gasteiger partial charge in [-0.3, -0.25) is 4.79 Å². The molecule has 35 nitrogen and oxygen atoms in total. The molecule has 12 aliphatic rings. The second-order valence-corrected chi connectivity index (χ2v) is 33.8. The summed E-state index contributed by atoms with van der Waals surface area (Å²) in [5, 5.41) is 219. The van der Waals surface area contributed by atoms with Crippen molar-refractivity contribution in [2.45, 2.75) is 335 Å². The SMILES string of the molecule is C[C@@H]1O[C@@H](O[C@H]2[C@H](O)[C@@H](O)[C@H](OC[C@@H]3O[C@@H](OC(=O)[C@@]45CC[C@]6(C)C(=CC[C@@H]7[C@@]8(C)CC[C@H](O[C@@H]9OC[C@H](O)[C@H](O)[C@H]9O[C@@H]9O[C@@H](C)[C@H](O)[C@@H](O[C@@H]%10OC[C@@H](O[C@@H]%11O[C@H](CO)[C@@H](O)[C@H](O)[C@H]%11O)[C@@H](O)[C@H]%10O)[C@H]9O)C(C)(C)[C@@H]8CC[C@]76C)[C@@H]4CC(C)(C)[C@H](O)C5)[C@@H](O)[C@@H](O)[C@@H]3O)O[C@@H]2CO)[C@H](O)[C@H](O)[C@H]1O. The number of ether oxygens (including phenoxy) is 14. The molecule has 35 heteroatoms. The van der Waals surface area contributed by atoms with E-state index < -0.39 is 275 Å². The summed E-state index contributed by atoms with van der Waals surface area (Å²) in [6.45, 7) is 14.8. The Morgan fingerprint density at radius 1 is 0.467 bits per heavy atom. The van der Waals surface area contributed by atoms with E-state index in [0.717, 1.165) is 18.4 Å². The van der Waals surface area contributed by atoms with Crippen LogP contribution in [0.4, 0.5) is 0 Å². The quantitative estimate of drug-likeness (QED) is 0.0366. The topological polar surface area (TPSA) is 551 Å². The normalized spacial score (nSPS) is 55.0. The van der Waals surface area contributed by atoms with Gasteiger partial charge in [0.15, 0.2) is 37.7 Å². The molecule has 7 aliphatic heterocycles. The number of fused-ring (bicyclic) bond motifs is 7. The molecule has 20 N–H and O–H groups in total. The second kappa shape index (κ2) is 31.0. The average molecular weight is 1520 g/mol. The molecule has 0 radical (unpaired) electrons. The predicted octanol–water partition coefficient (Wildman–Crippen LogP) is -6.26. The first-order valence-corrected chi connectivity index (χ1v) is 37.0. The number of aliphatic hydroxyl groups is 20. The minimum atomic E-state index is -1.99. The van der Waals surface area contributed by atoms with Crippen LogP contribution in [0, 0.1) is 50.2 Å². The molecule has 0 aromatic heterocycles. The fourth-order valence-corrected chi connectivity index (χ4v) is 20.2. The summed E-state index contributed by atoms with van der Waals surface area (Å²) in [4.78, 5) is 15.4. The van der Waals surface area contributed by atoms with Gasteiger partial charge in [-0.05, 0) is 116 Å². The van der Waals surface area contributed by atoms with Gasteiger partial charge in [0.2, 0.25) is 6.29 Å². The zero-order chi connectivity index (χ0) is 76.6. The highest BCUT2D eigenvalue weighted by Crippen LogP contribution is 2.76. The molecule has 0 unspecified atom stereocenters. The van der Waals surface area contributed by atoms with Crippen molar-refractivity contribution in [2.75, 3.05) is 33.0 Å². The third kappa shape index (κ3) is 14.4. The maximum Gasteiger partial charge on any atom is 0.315 e. The first-order chi connectivity index (χ1) is 49.2. The van der Waals surface area contributed by atoms with E-state index >= 15 is 4.79 Å². The number of hydrogen-bond acceptors (Lipinski definition) is 35. The lowest BCUT2D eigenvalue weighted by Crippen LogP contribution is -2.67. The van der Waals surface area contributed by atoms with Crippen LogP contribution in [0.1, 0.15) is 120 Å². The molecule has 4 saturated carbocycles. The first-order valence-electron chi connectivity index (χ1n) is 37.0. The molecule has 0 aromatic carbocycles. The molecule has 42 atom stereocenters. The molecule has 0 spiro atoms. The van der Waals surface area contributed by atoms with Gasteiger partial charge in [-0.25, -0.2) is 0 Å². The molecular formula is C70H114O35. The van der Waals surface area contributed by atoms with Gasteiger partial charge in [-0.15, -0.1) is 0 Å². The van der Waals surface area contributed by atoms with Crippen LogP contribution in [0.15, 0.2) is 11.6 Å². The average Bonchev–Trinajstić information content (AvgIpc) is 0.673. The molecule has 0 aromatic rings. The Bertz CT molecular complexity index is 2990. The Labute approximate surface area is 607 Å². The zero-order valence-corrected chi connectivity index (χ0v) is 60.5. The van der Waals surface area contributed by atoms with Crippen LogP contribution >= 0.6 is 0 Å². The number of hydrogen-bond donors (Lipinski definition) is 20. The van der Waals surface area contributed by atoms with Crippen LogP contribution in [-0.4, -0.2) is 356 Å². The number of carbonyl (C=O) groups is 1. The van der Waals surface area contributed by atoms with E-state index in [2.05, 4.69) is 40.7 Å². The predicted molar refractivity (Wildman–Crippen MR) is 347 cm³/mol. The summed E-state index contributed by atoms with van der Waals surface area (Å²) in [7, 11) is 0. The van der Waals surface area contributed by atoms with Gasteiger partial charge < -0.3 is 168 Å². The van der Waals surface area contributed by atoms with Crippen molar-refractivity contribution in [3.05, 3.63) is 11.6 Å². The van der Waals surface area contributed by atoms with E-state index in [-0.39, 0.29) is 42.1 Å². The number of aliphatic hydroxyl groups excluding tert-OH is 20. The molecule has 5 aliphatic carbocycles. The van der Waals surface area contributed by atoms with Gasteiger partial charge in [0.25, 0.3) is 0 Å². The van der Waals surface area contributed by atoms with Gasteiger partial charge in [0.1, 0.15) is 146 Å². The van der Waals surface area contributed by atoms with Crippen molar-refractivity contribution < 1.29 is 173 Å². The standard InChI is InChI=1S/C70H114O35/c1-25-38(75)44(81)49(86)59(95-25)102-54-31(21-72)98-57(52(89)47(54)84)93-23-32-42(79)46(83)51(88)61(100-32)105-64(91)70-17-16-68(8)27(28(70)18-65(3,4)36(74)19-70)10-11-35-67(7)14-13-37(66(5,6)34(67)12-15-69(35,68)9)101-63-56(40(77)29(73)22-92-63)104-62-53(90)55(39(76)26(2)96-62)103-58-48(85)43(80)33(24-94-58)99-60-50(87)45(82)41(78)30(20-71)97-60/h10,25-26,28-63,71-90H,11-24H2,1-9H3/t25-,26-,28-,29-,30+,31+,32-,33+,34-,35+,36+,37-,38-,39-,40-,41+,42+,43+,44+,45-,46-,47+,48+,49+,50+,51-,52+,53+,54+,55+,56+,57+,58-,59-,60-,61-,62-,63-,67-,68+,69+,70+/m0/s1. The third-order valence-electron chi connectivity index (χ3n) is 27.1. The highest BCUT2D eigenvalue weighted by molar-refractivity contribution is 5.79. The van der Waals surface area contributed by atoms with Crippen molar-refractivity contribution >= 4 is 5.97 Å². The summed E-state index contributed by atoms with van der Waals surface area (Å²) in [5.74, 6) is -1.15.